The number of nitrogens with zero attached hydrogens (tertiary/aromatic N) is 2. The van der Waals surface area contributed by atoms with E-state index in [2.05, 4.69) is 16.4 Å². The second-order valence-electron chi connectivity index (χ2n) is 6.60. The molecule has 0 unspecified atom stereocenters. The number of carbonyl (C=O) groups is 2. The van der Waals surface area contributed by atoms with Gasteiger partial charge >= 0.3 is 6.03 Å². The molecule has 140 valence electrons. The number of aromatic amines is 1. The number of fused-ring (bicyclic) bond motifs is 1. The number of nitrogens with one attached hydrogen (secondary N) is 2. The molecule has 0 bridgehead atoms. The standard InChI is InChI=1S/C20H22N4O3/c25-19(18-6-3-13-27-18)23-9-11-24(12-10-23)20(26)21-8-7-15-14-22-17-5-2-1-4-16(15)17/h1-6,13-14,22H,7-12H2,(H,21,26). The van der Waals surface area contributed by atoms with Crippen LogP contribution in [-0.4, -0.2) is 59.4 Å². The first-order valence-electron chi connectivity index (χ1n) is 9.13. The number of rotatable bonds is 4. The van der Waals surface area contributed by atoms with Crippen LogP contribution in [0.4, 0.5) is 4.79 Å². The van der Waals surface area contributed by atoms with Gasteiger partial charge in [0.25, 0.3) is 5.91 Å². The van der Waals surface area contributed by atoms with Crippen molar-refractivity contribution in [3.05, 3.63) is 60.2 Å². The third kappa shape index (κ3) is 3.67. The minimum Gasteiger partial charge on any atom is -0.459 e. The van der Waals surface area contributed by atoms with E-state index in [1.807, 2.05) is 24.4 Å². The average Bonchev–Trinajstić information content (AvgIpc) is 3.38. The molecule has 2 N–H and O–H groups in total. The molecule has 0 aliphatic carbocycles. The third-order valence-corrected chi connectivity index (χ3v) is 4.93. The minimum atomic E-state index is -0.126. The summed E-state index contributed by atoms with van der Waals surface area (Å²) in [5, 5.41) is 4.17. The normalized spacial score (nSPS) is 14.5. The second kappa shape index (κ2) is 7.57. The molecule has 0 radical (unpaired) electrons. The lowest BCUT2D eigenvalue weighted by Crippen LogP contribution is -2.53. The maximum atomic E-state index is 12.4. The van der Waals surface area contributed by atoms with Crippen molar-refractivity contribution in [2.24, 2.45) is 0 Å². The van der Waals surface area contributed by atoms with Crippen molar-refractivity contribution in [3.8, 4) is 0 Å². The summed E-state index contributed by atoms with van der Waals surface area (Å²) in [4.78, 5) is 31.4. The number of para-hydroxylation sites is 1. The summed E-state index contributed by atoms with van der Waals surface area (Å²) < 4.78 is 5.16. The molecular weight excluding hydrogens is 344 g/mol. The van der Waals surface area contributed by atoms with Gasteiger partial charge in [0.15, 0.2) is 5.76 Å². The van der Waals surface area contributed by atoms with Crippen molar-refractivity contribution in [1.29, 1.82) is 0 Å². The molecule has 3 heterocycles. The summed E-state index contributed by atoms with van der Waals surface area (Å²) in [6.07, 6.45) is 4.26. The van der Waals surface area contributed by atoms with Crippen molar-refractivity contribution < 1.29 is 14.0 Å². The molecular formula is C20H22N4O3. The number of H-pyrrole nitrogens is 1. The lowest BCUT2D eigenvalue weighted by atomic mass is 10.1. The van der Waals surface area contributed by atoms with Crippen LogP contribution in [0.1, 0.15) is 16.1 Å². The van der Waals surface area contributed by atoms with Gasteiger partial charge in [0.05, 0.1) is 6.26 Å². The predicted molar refractivity (Wildman–Crippen MR) is 102 cm³/mol. The van der Waals surface area contributed by atoms with Gasteiger partial charge in [-0.15, -0.1) is 0 Å². The van der Waals surface area contributed by atoms with Gasteiger partial charge in [-0.05, 0) is 30.2 Å². The van der Waals surface area contributed by atoms with Crippen LogP contribution in [-0.2, 0) is 6.42 Å². The Morgan fingerprint density at radius 3 is 2.59 bits per heavy atom. The Balaban J connectivity index is 1.24. The molecule has 27 heavy (non-hydrogen) atoms. The van der Waals surface area contributed by atoms with Gasteiger partial charge in [0.1, 0.15) is 0 Å². The summed E-state index contributed by atoms with van der Waals surface area (Å²) in [5.74, 6) is 0.214. The van der Waals surface area contributed by atoms with E-state index in [4.69, 9.17) is 4.42 Å². The number of hydrogen-bond donors (Lipinski definition) is 2. The molecule has 0 spiro atoms. The zero-order valence-corrected chi connectivity index (χ0v) is 15.0. The SMILES string of the molecule is O=C(NCCc1c[nH]c2ccccc12)N1CCN(C(=O)c2ccco2)CC1. The van der Waals surface area contributed by atoms with Crippen LogP contribution >= 0.6 is 0 Å². The van der Waals surface area contributed by atoms with Crippen molar-refractivity contribution in [2.75, 3.05) is 32.7 Å². The quantitative estimate of drug-likeness (QED) is 0.744. The summed E-state index contributed by atoms with van der Waals surface area (Å²) >= 11 is 0. The van der Waals surface area contributed by atoms with E-state index in [1.54, 1.807) is 21.9 Å². The van der Waals surface area contributed by atoms with Crippen LogP contribution in [0.5, 0.6) is 0 Å². The largest absolute Gasteiger partial charge is 0.459 e. The topological polar surface area (TPSA) is 81.6 Å². The van der Waals surface area contributed by atoms with Crippen LogP contribution < -0.4 is 5.32 Å². The number of hydrogen-bond acceptors (Lipinski definition) is 3. The summed E-state index contributed by atoms with van der Waals surface area (Å²) in [5.41, 5.74) is 2.30. The third-order valence-electron chi connectivity index (χ3n) is 4.93. The Kier molecular flexibility index (Phi) is 4.82. The summed E-state index contributed by atoms with van der Waals surface area (Å²) in [6.45, 7) is 2.63. The Hall–Kier alpha value is -3.22. The van der Waals surface area contributed by atoms with Crippen LogP contribution in [0, 0.1) is 0 Å². The van der Waals surface area contributed by atoms with E-state index < -0.39 is 0 Å². The van der Waals surface area contributed by atoms with Crippen molar-refractivity contribution >= 4 is 22.8 Å². The van der Waals surface area contributed by atoms with Gasteiger partial charge in [0, 0.05) is 49.8 Å². The fourth-order valence-corrected chi connectivity index (χ4v) is 3.42. The summed E-state index contributed by atoms with van der Waals surface area (Å²) in [6, 6.07) is 11.4. The van der Waals surface area contributed by atoms with Crippen LogP contribution in [0.3, 0.4) is 0 Å². The smallest absolute Gasteiger partial charge is 0.317 e. The van der Waals surface area contributed by atoms with Gasteiger partial charge in [-0.25, -0.2) is 4.79 Å². The van der Waals surface area contributed by atoms with E-state index in [1.165, 1.54) is 17.2 Å². The Morgan fingerprint density at radius 1 is 1.04 bits per heavy atom. The number of aromatic nitrogens is 1. The van der Waals surface area contributed by atoms with Crippen LogP contribution in [0.15, 0.2) is 53.3 Å². The lowest BCUT2D eigenvalue weighted by Gasteiger charge is -2.34. The Morgan fingerprint density at radius 2 is 1.81 bits per heavy atom. The molecule has 3 aromatic rings. The fraction of sp³-hybridized carbons (Fsp3) is 0.300. The number of carbonyl (C=O) groups excluding carboxylic acids is 2. The average molecular weight is 366 g/mol. The highest BCUT2D eigenvalue weighted by Crippen LogP contribution is 2.17. The first-order valence-corrected chi connectivity index (χ1v) is 9.13. The van der Waals surface area contributed by atoms with Crippen LogP contribution in [0.2, 0.25) is 0 Å². The molecule has 0 saturated carbocycles. The molecule has 7 nitrogen and oxygen atoms in total. The number of furan rings is 1. The van der Waals surface area contributed by atoms with E-state index in [0.29, 0.717) is 38.5 Å². The molecule has 1 aliphatic heterocycles. The highest BCUT2D eigenvalue weighted by atomic mass is 16.3. The van der Waals surface area contributed by atoms with Crippen molar-refractivity contribution in [1.82, 2.24) is 20.1 Å². The Labute approximate surface area is 156 Å². The van der Waals surface area contributed by atoms with E-state index in [0.717, 1.165) is 11.9 Å². The molecule has 4 rings (SSSR count). The molecule has 1 aliphatic rings. The second-order valence-corrected chi connectivity index (χ2v) is 6.60. The molecule has 1 saturated heterocycles. The van der Waals surface area contributed by atoms with Gasteiger partial charge in [-0.3, -0.25) is 4.79 Å². The summed E-state index contributed by atoms with van der Waals surface area (Å²) in [7, 11) is 0. The maximum Gasteiger partial charge on any atom is 0.317 e. The van der Waals surface area contributed by atoms with E-state index >= 15 is 0 Å². The van der Waals surface area contributed by atoms with E-state index in [-0.39, 0.29) is 11.9 Å². The molecule has 7 heteroatoms. The fourth-order valence-electron chi connectivity index (χ4n) is 3.42. The highest BCUT2D eigenvalue weighted by Gasteiger charge is 2.25. The monoisotopic (exact) mass is 366 g/mol. The van der Waals surface area contributed by atoms with Crippen LogP contribution in [0.25, 0.3) is 10.9 Å². The molecule has 3 amide bonds. The van der Waals surface area contributed by atoms with Gasteiger partial charge in [-0.2, -0.15) is 0 Å². The van der Waals surface area contributed by atoms with Gasteiger partial charge in [-0.1, -0.05) is 18.2 Å². The van der Waals surface area contributed by atoms with E-state index in [9.17, 15) is 9.59 Å². The van der Waals surface area contributed by atoms with Gasteiger partial charge in [0.2, 0.25) is 0 Å². The number of amides is 3. The Bertz CT molecular complexity index is 924. The minimum absolute atomic E-state index is 0.0834. The number of urea groups is 1. The zero-order chi connectivity index (χ0) is 18.6. The molecule has 0 atom stereocenters. The van der Waals surface area contributed by atoms with Gasteiger partial charge < -0.3 is 24.5 Å². The maximum absolute atomic E-state index is 12.4. The zero-order valence-electron chi connectivity index (χ0n) is 15.0. The lowest BCUT2D eigenvalue weighted by molar-refractivity contribution is 0.0634. The number of piperazine rings is 1. The van der Waals surface area contributed by atoms with Crippen molar-refractivity contribution in [3.63, 3.8) is 0 Å². The van der Waals surface area contributed by atoms with Crippen molar-refractivity contribution in [2.45, 2.75) is 6.42 Å². The number of benzene rings is 1. The first-order chi connectivity index (χ1) is 13.2. The molecule has 1 aromatic carbocycles. The first kappa shape index (κ1) is 17.2. The molecule has 2 aromatic heterocycles. The highest BCUT2D eigenvalue weighted by molar-refractivity contribution is 5.91. The predicted octanol–water partition coefficient (Wildman–Crippen LogP) is 2.47. The molecule has 1 fully saturated rings.